The highest BCUT2D eigenvalue weighted by Crippen LogP contribution is 2.39. The number of likely N-dealkylation sites (N-methyl/N-ethyl adjacent to an activating group) is 1. The summed E-state index contributed by atoms with van der Waals surface area (Å²) in [5.41, 5.74) is 9.02. The fourth-order valence-corrected chi connectivity index (χ4v) is 1.80. The second kappa shape index (κ2) is 3.98. The van der Waals surface area contributed by atoms with Gasteiger partial charge >= 0.3 is 0 Å². The molecule has 1 aromatic carbocycles. The number of hydrogen-bond acceptors (Lipinski definition) is 2. The molecule has 2 rings (SSSR count). The van der Waals surface area contributed by atoms with E-state index in [1.165, 1.54) is 5.56 Å². The Bertz CT molecular complexity index is 393. The molecule has 0 unspecified atom stereocenters. The third-order valence-corrected chi connectivity index (χ3v) is 3.22. The summed E-state index contributed by atoms with van der Waals surface area (Å²) in [6.07, 6.45) is 2.11. The lowest BCUT2D eigenvalue weighted by atomic mass is 9.95. The fourth-order valence-electron chi connectivity index (χ4n) is 1.80. The molecule has 1 aliphatic rings. The average molecular weight is 212 g/mol. The van der Waals surface area contributed by atoms with E-state index in [2.05, 4.69) is 11.5 Å². The van der Waals surface area contributed by atoms with Crippen molar-refractivity contribution in [2.24, 2.45) is 5.73 Å². The molecule has 0 saturated heterocycles. The molecule has 82 valence electrons. The zero-order chi connectivity index (χ0) is 11.8. The van der Waals surface area contributed by atoms with Crippen LogP contribution in [0.5, 0.6) is 0 Å². The summed E-state index contributed by atoms with van der Waals surface area (Å²) >= 11 is 0. The molecule has 1 aromatic rings. The summed E-state index contributed by atoms with van der Waals surface area (Å²) in [7, 11) is 7.68. The zero-order valence-corrected chi connectivity index (χ0v) is 9.74. The molecule has 0 amide bonds. The molecule has 0 spiro atoms. The van der Waals surface area contributed by atoms with Crippen molar-refractivity contribution in [3.05, 3.63) is 42.1 Å². The number of rotatable bonds is 4. The summed E-state index contributed by atoms with van der Waals surface area (Å²) < 4.78 is 0. The van der Waals surface area contributed by atoms with Crippen LogP contribution in [0, 0.1) is 0 Å². The number of nitrogens with two attached hydrogens (primary N) is 1. The number of benzene rings is 1. The highest BCUT2D eigenvalue weighted by atomic mass is 15.1. The van der Waals surface area contributed by atoms with Gasteiger partial charge in [-0.3, -0.25) is 0 Å². The lowest BCUT2D eigenvalue weighted by Gasteiger charge is -2.26. The van der Waals surface area contributed by atoms with Crippen LogP contribution in [0.25, 0.3) is 0 Å². The second-order valence-electron chi connectivity index (χ2n) is 4.70. The van der Waals surface area contributed by atoms with Gasteiger partial charge in [0.15, 0.2) is 0 Å². The molecule has 0 aromatic heterocycles. The van der Waals surface area contributed by atoms with Gasteiger partial charge in [0.25, 0.3) is 0 Å². The van der Waals surface area contributed by atoms with E-state index < -0.39 is 0 Å². The number of nitrogens with zero attached hydrogens (tertiary/aromatic N) is 1. The molecule has 2 nitrogen and oxygen atoms in total. The summed E-state index contributed by atoms with van der Waals surface area (Å²) in [4.78, 5) is 2.12. The first-order valence-electron chi connectivity index (χ1n) is 5.55. The molecule has 3 heteroatoms. The van der Waals surface area contributed by atoms with Crippen LogP contribution in [0.1, 0.15) is 18.4 Å². The average Bonchev–Trinajstić information content (AvgIpc) is 3.00. The van der Waals surface area contributed by atoms with E-state index in [0.717, 1.165) is 30.5 Å². The highest BCUT2D eigenvalue weighted by Gasteiger charge is 2.42. The third kappa shape index (κ3) is 2.30. The van der Waals surface area contributed by atoms with Crippen LogP contribution in [-0.2, 0) is 6.54 Å². The van der Waals surface area contributed by atoms with Crippen molar-refractivity contribution in [1.82, 2.24) is 4.90 Å². The predicted octanol–water partition coefficient (Wildman–Crippen LogP) is 0.917. The molecule has 1 aliphatic carbocycles. The zero-order valence-electron chi connectivity index (χ0n) is 9.74. The van der Waals surface area contributed by atoms with Gasteiger partial charge < -0.3 is 10.6 Å². The summed E-state index contributed by atoms with van der Waals surface area (Å²) in [5.74, 6) is 0. The maximum atomic E-state index is 6.11. The molecule has 2 N–H and O–H groups in total. The summed E-state index contributed by atoms with van der Waals surface area (Å²) in [6.45, 7) is 4.91. The molecule has 16 heavy (non-hydrogen) atoms. The van der Waals surface area contributed by atoms with Crippen molar-refractivity contribution in [3.8, 4) is 0 Å². The smallest absolute Gasteiger partial charge is 0.113 e. The lowest BCUT2D eigenvalue weighted by Crippen LogP contribution is -2.33. The molecule has 0 bridgehead atoms. The Morgan fingerprint density at radius 2 is 2.00 bits per heavy atom. The predicted molar refractivity (Wildman–Crippen MR) is 68.6 cm³/mol. The third-order valence-electron chi connectivity index (χ3n) is 3.22. The second-order valence-corrected chi connectivity index (χ2v) is 4.70. The van der Waals surface area contributed by atoms with Crippen molar-refractivity contribution in [2.45, 2.75) is 24.9 Å². The van der Waals surface area contributed by atoms with E-state index in [-0.39, 0.29) is 5.54 Å². The van der Waals surface area contributed by atoms with Gasteiger partial charge in [0.05, 0.1) is 5.54 Å². The van der Waals surface area contributed by atoms with E-state index in [1.807, 2.05) is 31.3 Å². The van der Waals surface area contributed by atoms with Gasteiger partial charge in [0.2, 0.25) is 0 Å². The van der Waals surface area contributed by atoms with E-state index in [1.54, 1.807) is 0 Å². The Hall–Kier alpha value is -1.22. The first-order valence-corrected chi connectivity index (χ1v) is 5.55. The van der Waals surface area contributed by atoms with Crippen LogP contribution in [0.2, 0.25) is 0 Å². The van der Waals surface area contributed by atoms with Gasteiger partial charge in [-0.1, -0.05) is 36.3 Å². The van der Waals surface area contributed by atoms with Gasteiger partial charge in [0, 0.05) is 19.3 Å². The van der Waals surface area contributed by atoms with Crippen LogP contribution in [0.15, 0.2) is 36.5 Å². The Kier molecular flexibility index (Phi) is 2.81. The molecular weight excluding hydrogens is 195 g/mol. The molecule has 0 aliphatic heterocycles. The summed E-state index contributed by atoms with van der Waals surface area (Å²) in [6, 6.07) is 7.91. The van der Waals surface area contributed by atoms with Crippen molar-refractivity contribution in [3.63, 3.8) is 0 Å². The molecule has 1 fully saturated rings. The van der Waals surface area contributed by atoms with E-state index >= 15 is 0 Å². The van der Waals surface area contributed by atoms with Gasteiger partial charge in [-0.15, -0.1) is 0 Å². The first-order chi connectivity index (χ1) is 7.51. The highest BCUT2D eigenvalue weighted by molar-refractivity contribution is 6.32. The van der Waals surface area contributed by atoms with Gasteiger partial charge in [-0.25, -0.2) is 0 Å². The Morgan fingerprint density at radius 1 is 1.44 bits per heavy atom. The van der Waals surface area contributed by atoms with E-state index in [9.17, 15) is 0 Å². The quantitative estimate of drug-likeness (QED) is 0.752. The maximum absolute atomic E-state index is 6.11. The van der Waals surface area contributed by atoms with Crippen molar-refractivity contribution in [2.75, 3.05) is 7.05 Å². The van der Waals surface area contributed by atoms with Crippen molar-refractivity contribution < 1.29 is 0 Å². The first kappa shape index (κ1) is 11.3. The van der Waals surface area contributed by atoms with Crippen LogP contribution >= 0.6 is 0 Å². The largest absolute Gasteiger partial charge is 0.373 e. The minimum atomic E-state index is -0.136. The molecule has 1 saturated carbocycles. The Morgan fingerprint density at radius 3 is 2.50 bits per heavy atom. The van der Waals surface area contributed by atoms with E-state index in [4.69, 9.17) is 13.6 Å². The minimum absolute atomic E-state index is 0.136. The molecule has 2 radical (unpaired) electrons. The van der Waals surface area contributed by atoms with Crippen molar-refractivity contribution in [1.29, 1.82) is 0 Å². The SMILES string of the molecule is [B]c1ccc(CN(C)C(=C)C2(N)CC2)cc1. The molecule has 0 atom stereocenters. The van der Waals surface area contributed by atoms with Crippen molar-refractivity contribution >= 4 is 13.3 Å². The topological polar surface area (TPSA) is 29.3 Å². The minimum Gasteiger partial charge on any atom is -0.373 e. The van der Waals surface area contributed by atoms with Gasteiger partial charge in [-0.2, -0.15) is 0 Å². The number of hydrogen-bond donors (Lipinski definition) is 1. The van der Waals surface area contributed by atoms with Gasteiger partial charge in [-0.05, 0) is 18.4 Å². The fraction of sp³-hybridized carbons (Fsp3) is 0.385. The lowest BCUT2D eigenvalue weighted by molar-refractivity contribution is 0.375. The normalized spacial score (nSPS) is 16.9. The van der Waals surface area contributed by atoms with Crippen LogP contribution < -0.4 is 11.2 Å². The monoisotopic (exact) mass is 212 g/mol. The Labute approximate surface area is 98.5 Å². The standard InChI is InChI=1S/C13H17BN2/c1-10(13(15)7-8-13)16(2)9-11-3-5-12(14)6-4-11/h3-6H,1,7-9,15H2,2H3. The Balaban J connectivity index is 1.99. The molecule has 0 heterocycles. The van der Waals surface area contributed by atoms with Crippen LogP contribution in [-0.4, -0.2) is 25.3 Å². The van der Waals surface area contributed by atoms with Crippen LogP contribution in [0.3, 0.4) is 0 Å². The molecular formula is C13H17BN2. The van der Waals surface area contributed by atoms with Gasteiger partial charge in [0.1, 0.15) is 7.85 Å². The van der Waals surface area contributed by atoms with Crippen LogP contribution in [0.4, 0.5) is 0 Å². The summed E-state index contributed by atoms with van der Waals surface area (Å²) in [5, 5.41) is 0. The van der Waals surface area contributed by atoms with E-state index in [0.29, 0.717) is 0 Å². The maximum Gasteiger partial charge on any atom is 0.113 e.